The SMILES string of the molecule is CNC(=O)NC(=O)C(C)Oc1ccc(OC)cc1C=O. The smallest absolute Gasteiger partial charge is 0.321 e. The summed E-state index contributed by atoms with van der Waals surface area (Å²) in [5, 5.41) is 4.34. The van der Waals surface area contributed by atoms with Crippen LogP contribution in [0.4, 0.5) is 4.79 Å². The number of ether oxygens (including phenoxy) is 2. The highest BCUT2D eigenvalue weighted by Gasteiger charge is 2.18. The van der Waals surface area contributed by atoms with Gasteiger partial charge < -0.3 is 14.8 Å². The van der Waals surface area contributed by atoms with Gasteiger partial charge in [0.25, 0.3) is 5.91 Å². The summed E-state index contributed by atoms with van der Waals surface area (Å²) in [6.07, 6.45) is -0.333. The van der Waals surface area contributed by atoms with Crippen LogP contribution < -0.4 is 20.1 Å². The van der Waals surface area contributed by atoms with E-state index in [1.807, 2.05) is 0 Å². The summed E-state index contributed by atoms with van der Waals surface area (Å²) in [7, 11) is 2.87. The number of hydrogen-bond acceptors (Lipinski definition) is 5. The summed E-state index contributed by atoms with van der Waals surface area (Å²) in [5.74, 6) is 0.124. The molecule has 1 atom stereocenters. The van der Waals surface area contributed by atoms with Crippen LogP contribution in [0.5, 0.6) is 11.5 Å². The van der Waals surface area contributed by atoms with Gasteiger partial charge in [0, 0.05) is 7.05 Å². The normalized spacial score (nSPS) is 11.2. The summed E-state index contributed by atoms with van der Waals surface area (Å²) in [6.45, 7) is 1.47. The lowest BCUT2D eigenvalue weighted by atomic mass is 10.2. The molecule has 0 aliphatic rings. The van der Waals surface area contributed by atoms with Gasteiger partial charge in [0.1, 0.15) is 11.5 Å². The van der Waals surface area contributed by atoms with Crippen LogP contribution in [0.25, 0.3) is 0 Å². The fraction of sp³-hybridized carbons (Fsp3) is 0.308. The summed E-state index contributed by atoms with van der Waals surface area (Å²) < 4.78 is 10.3. The minimum absolute atomic E-state index is 0.236. The van der Waals surface area contributed by atoms with E-state index in [2.05, 4.69) is 10.6 Å². The maximum absolute atomic E-state index is 11.6. The zero-order chi connectivity index (χ0) is 15.1. The Morgan fingerprint density at radius 3 is 2.60 bits per heavy atom. The molecule has 1 aromatic rings. The molecule has 0 radical (unpaired) electrons. The van der Waals surface area contributed by atoms with E-state index in [-0.39, 0.29) is 11.3 Å². The zero-order valence-electron chi connectivity index (χ0n) is 11.4. The molecule has 0 bridgehead atoms. The van der Waals surface area contributed by atoms with Gasteiger partial charge >= 0.3 is 6.03 Å². The molecule has 7 nitrogen and oxygen atoms in total. The van der Waals surface area contributed by atoms with Crippen molar-refractivity contribution in [1.82, 2.24) is 10.6 Å². The van der Waals surface area contributed by atoms with Crippen LogP contribution in [0, 0.1) is 0 Å². The number of methoxy groups -OCH3 is 1. The average Bonchev–Trinajstić information content (AvgIpc) is 2.47. The molecule has 108 valence electrons. The molecule has 0 aliphatic heterocycles. The lowest BCUT2D eigenvalue weighted by Crippen LogP contribution is -2.44. The molecule has 0 aromatic heterocycles. The molecule has 1 rings (SSSR count). The molecular weight excluding hydrogens is 264 g/mol. The largest absolute Gasteiger partial charge is 0.497 e. The highest BCUT2D eigenvalue weighted by Crippen LogP contribution is 2.23. The van der Waals surface area contributed by atoms with Gasteiger partial charge in [-0.1, -0.05) is 0 Å². The molecule has 2 N–H and O–H groups in total. The van der Waals surface area contributed by atoms with Crippen LogP contribution >= 0.6 is 0 Å². The van der Waals surface area contributed by atoms with Gasteiger partial charge in [-0.15, -0.1) is 0 Å². The Morgan fingerprint density at radius 2 is 2.05 bits per heavy atom. The molecule has 20 heavy (non-hydrogen) atoms. The highest BCUT2D eigenvalue weighted by molar-refractivity contribution is 5.96. The van der Waals surface area contributed by atoms with Gasteiger partial charge in [0.2, 0.25) is 0 Å². The Bertz CT molecular complexity index is 515. The van der Waals surface area contributed by atoms with Crippen molar-refractivity contribution < 1.29 is 23.9 Å². The Labute approximate surface area is 116 Å². The molecule has 0 saturated carbocycles. The van der Waals surface area contributed by atoms with Crippen molar-refractivity contribution in [3.63, 3.8) is 0 Å². The number of hydrogen-bond donors (Lipinski definition) is 2. The minimum atomic E-state index is -0.931. The molecule has 1 aromatic carbocycles. The van der Waals surface area contributed by atoms with Gasteiger partial charge in [-0.05, 0) is 25.1 Å². The second-order valence-electron chi connectivity index (χ2n) is 3.85. The van der Waals surface area contributed by atoms with Crippen molar-refractivity contribution in [2.45, 2.75) is 13.0 Å². The standard InChI is InChI=1S/C13H16N2O5/c1-8(12(17)15-13(18)14-2)20-11-5-4-10(19-3)6-9(11)7-16/h4-8H,1-3H3,(H2,14,15,17,18). The number of urea groups is 1. The molecular formula is C13H16N2O5. The van der Waals surface area contributed by atoms with Crippen LogP contribution in [-0.2, 0) is 4.79 Å². The van der Waals surface area contributed by atoms with Crippen LogP contribution in [0.1, 0.15) is 17.3 Å². The fourth-order valence-corrected chi connectivity index (χ4v) is 1.37. The second kappa shape index (κ2) is 7.13. The molecule has 0 spiro atoms. The number of nitrogens with one attached hydrogen (secondary N) is 2. The van der Waals surface area contributed by atoms with Crippen LogP contribution in [0.2, 0.25) is 0 Å². The van der Waals surface area contributed by atoms with Gasteiger partial charge in [0.05, 0.1) is 12.7 Å². The van der Waals surface area contributed by atoms with Crippen molar-refractivity contribution in [3.8, 4) is 11.5 Å². The van der Waals surface area contributed by atoms with Crippen LogP contribution in [-0.4, -0.2) is 38.5 Å². The van der Waals surface area contributed by atoms with E-state index in [1.165, 1.54) is 33.2 Å². The Kier molecular flexibility index (Phi) is 5.52. The Morgan fingerprint density at radius 1 is 1.35 bits per heavy atom. The topological polar surface area (TPSA) is 93.7 Å². The van der Waals surface area contributed by atoms with E-state index in [1.54, 1.807) is 6.07 Å². The van der Waals surface area contributed by atoms with Crippen molar-refractivity contribution in [2.24, 2.45) is 0 Å². The number of carbonyl (C=O) groups excluding carboxylic acids is 3. The van der Waals surface area contributed by atoms with Crippen molar-refractivity contribution in [3.05, 3.63) is 23.8 Å². The Balaban J connectivity index is 2.79. The predicted octanol–water partition coefficient (Wildman–Crippen LogP) is 0.731. The third-order valence-corrected chi connectivity index (χ3v) is 2.48. The quantitative estimate of drug-likeness (QED) is 0.775. The summed E-state index contributed by atoms with van der Waals surface area (Å²) >= 11 is 0. The van der Waals surface area contributed by atoms with E-state index in [9.17, 15) is 14.4 Å². The van der Waals surface area contributed by atoms with Crippen molar-refractivity contribution >= 4 is 18.2 Å². The first-order valence-electron chi connectivity index (χ1n) is 5.84. The molecule has 7 heteroatoms. The molecule has 0 aliphatic carbocycles. The van der Waals surface area contributed by atoms with Gasteiger partial charge in [-0.2, -0.15) is 0 Å². The monoisotopic (exact) mass is 280 g/mol. The van der Waals surface area contributed by atoms with E-state index >= 15 is 0 Å². The first-order chi connectivity index (χ1) is 9.51. The van der Waals surface area contributed by atoms with E-state index < -0.39 is 18.0 Å². The number of imide groups is 1. The van der Waals surface area contributed by atoms with Crippen molar-refractivity contribution in [1.29, 1.82) is 0 Å². The number of rotatable bonds is 5. The summed E-state index contributed by atoms with van der Waals surface area (Å²) in [5.41, 5.74) is 0.254. The van der Waals surface area contributed by atoms with Gasteiger partial charge in [-0.25, -0.2) is 4.79 Å². The average molecular weight is 280 g/mol. The van der Waals surface area contributed by atoms with E-state index in [4.69, 9.17) is 9.47 Å². The van der Waals surface area contributed by atoms with E-state index in [0.29, 0.717) is 12.0 Å². The lowest BCUT2D eigenvalue weighted by molar-refractivity contribution is -0.126. The van der Waals surface area contributed by atoms with E-state index in [0.717, 1.165) is 0 Å². The van der Waals surface area contributed by atoms with Crippen LogP contribution in [0.15, 0.2) is 18.2 Å². The molecule has 1 unspecified atom stereocenters. The molecule has 0 fully saturated rings. The predicted molar refractivity (Wildman–Crippen MR) is 71.1 cm³/mol. The molecule has 0 saturated heterocycles. The number of benzene rings is 1. The second-order valence-corrected chi connectivity index (χ2v) is 3.85. The summed E-state index contributed by atoms with van der Waals surface area (Å²) in [6, 6.07) is 3.99. The summed E-state index contributed by atoms with van der Waals surface area (Å²) in [4.78, 5) is 33.6. The van der Waals surface area contributed by atoms with Gasteiger partial charge in [0.15, 0.2) is 12.4 Å². The van der Waals surface area contributed by atoms with Crippen molar-refractivity contribution in [2.75, 3.05) is 14.2 Å². The van der Waals surface area contributed by atoms with Gasteiger partial charge in [-0.3, -0.25) is 14.9 Å². The number of amides is 3. The number of carbonyl (C=O) groups is 3. The maximum atomic E-state index is 11.6. The minimum Gasteiger partial charge on any atom is -0.497 e. The van der Waals surface area contributed by atoms with Crippen LogP contribution in [0.3, 0.4) is 0 Å². The maximum Gasteiger partial charge on any atom is 0.321 e. The number of aldehydes is 1. The zero-order valence-corrected chi connectivity index (χ0v) is 11.4. The third kappa shape index (κ3) is 3.98. The first kappa shape index (κ1) is 15.5. The molecule has 3 amide bonds. The Hall–Kier alpha value is -2.57. The first-order valence-corrected chi connectivity index (χ1v) is 5.84. The third-order valence-electron chi connectivity index (χ3n) is 2.48. The lowest BCUT2D eigenvalue weighted by Gasteiger charge is -2.15. The highest BCUT2D eigenvalue weighted by atomic mass is 16.5. The molecule has 0 heterocycles. The fourth-order valence-electron chi connectivity index (χ4n) is 1.37.